The van der Waals surface area contributed by atoms with Crippen LogP contribution in [0.5, 0.6) is 0 Å². The van der Waals surface area contributed by atoms with Crippen molar-refractivity contribution in [1.29, 1.82) is 0 Å². The van der Waals surface area contributed by atoms with Crippen LogP contribution in [0.25, 0.3) is 34.4 Å². The molecule has 2 unspecified atom stereocenters. The fourth-order valence-corrected chi connectivity index (χ4v) is 40.2. The number of hydrogen-bond donors (Lipinski definition) is 0. The van der Waals surface area contributed by atoms with Gasteiger partial charge in [-0.15, -0.1) is 0 Å². The molecule has 2 aliphatic carbocycles. The Labute approximate surface area is 299 Å². The molecule has 0 radical (unpaired) electrons. The second-order valence-corrected chi connectivity index (χ2v) is 57.9. The molecule has 4 aromatic carbocycles. The van der Waals surface area contributed by atoms with Gasteiger partial charge in [-0.3, -0.25) is 0 Å². The van der Waals surface area contributed by atoms with Gasteiger partial charge in [0.05, 0.1) is 0 Å². The summed E-state index contributed by atoms with van der Waals surface area (Å²) in [5.74, 6) is -0.598. The summed E-state index contributed by atoms with van der Waals surface area (Å²) in [5, 5.41) is 0. The van der Waals surface area contributed by atoms with Gasteiger partial charge in [0, 0.05) is 0 Å². The molecule has 0 spiro atoms. The van der Waals surface area contributed by atoms with Crippen LogP contribution in [0.2, 0.25) is 13.1 Å². The first kappa shape index (κ1) is 35.9. The quantitative estimate of drug-likeness (QED) is 0.133. The van der Waals surface area contributed by atoms with Crippen molar-refractivity contribution >= 4 is 35.1 Å². The third-order valence-corrected chi connectivity index (χ3v) is 63.2. The molecule has 48 heavy (non-hydrogen) atoms. The molecular weight excluding hydrogens is 719 g/mol. The molecule has 0 heterocycles. The number of fused-ring (bicyclic) bond motifs is 2. The Balaban J connectivity index is 1.55. The molecule has 0 nitrogen and oxygen atoms in total. The first-order valence-corrected chi connectivity index (χ1v) is 34.7. The zero-order chi connectivity index (χ0) is 34.4. The molecule has 0 saturated heterocycles. The number of halogens is 2. The zero-order valence-electron chi connectivity index (χ0n) is 30.2. The summed E-state index contributed by atoms with van der Waals surface area (Å²) in [6.45, 7) is 18.6. The van der Waals surface area contributed by atoms with Gasteiger partial charge in [-0.25, -0.2) is 0 Å². The van der Waals surface area contributed by atoms with Gasteiger partial charge in [-0.05, 0) is 0 Å². The molecular formula is C44H53Cl2SiZr. The number of benzene rings is 4. The summed E-state index contributed by atoms with van der Waals surface area (Å²) in [6, 6.07) is 32.3. The molecule has 4 heteroatoms. The van der Waals surface area contributed by atoms with Crippen LogP contribution in [0.3, 0.4) is 0 Å². The fraction of sp³-hybridized carbons (Fsp3) is 0.364. The minimum absolute atomic E-state index is 0.122. The van der Waals surface area contributed by atoms with E-state index in [-0.39, 0.29) is 7.25 Å². The van der Waals surface area contributed by atoms with E-state index in [1.165, 1.54) is 66.8 Å². The third-order valence-electron chi connectivity index (χ3n) is 11.4. The maximum absolute atomic E-state index is 8.72. The Kier molecular flexibility index (Phi) is 10.4. The summed E-state index contributed by atoms with van der Waals surface area (Å²) >= 11 is -4.82. The van der Waals surface area contributed by atoms with Crippen LogP contribution < -0.4 is 0 Å². The second kappa shape index (κ2) is 14.0. The summed E-state index contributed by atoms with van der Waals surface area (Å²) in [7, 11) is 17.4. The summed E-state index contributed by atoms with van der Waals surface area (Å²) in [6.07, 6.45) is 9.26. The maximum atomic E-state index is 8.72. The fourth-order valence-electron chi connectivity index (χ4n) is 8.67. The number of allylic oxidation sites excluding steroid dienone is 2. The molecule has 0 saturated carbocycles. The van der Waals surface area contributed by atoms with Gasteiger partial charge in [-0.2, -0.15) is 0 Å². The van der Waals surface area contributed by atoms with Crippen LogP contribution in [0, 0.1) is 0 Å². The molecule has 251 valence electrons. The average molecular weight is 772 g/mol. The Morgan fingerprint density at radius 3 is 1.27 bits per heavy atom. The van der Waals surface area contributed by atoms with Crippen LogP contribution in [-0.2, 0) is 15.6 Å². The Bertz CT molecular complexity index is 1730. The molecule has 4 aromatic rings. The SMILES string of the molecule is CCCC1=Cc2c(-c3ccc(C(C)C)cc3)cccc2[CH]1[Zr]([Cl])([Cl])([CH]1C(CCC)=Cc2c(-c3ccc(C(C)C)cc3)cccc21)[SiH](C)C. The molecule has 0 aromatic heterocycles. The molecule has 0 bridgehead atoms. The standard InChI is InChI=1S/2C21H23.C2H7Si.2ClH.Zr/c2*1-4-6-16-13-19-7-5-8-20(21(19)14-16)18-11-9-17(10-12-18)15(2)3;1-3-2;;;/h2*5,7-15H,4,6H2,1-3H3;3H,1-2H3;2*1H;/q;;;;;+2/p-2. The van der Waals surface area contributed by atoms with E-state index in [9.17, 15) is 0 Å². The van der Waals surface area contributed by atoms with Crippen LogP contribution >= 0.6 is 17.0 Å². The normalized spacial score (nSPS) is 18.1. The molecule has 0 N–H and O–H groups in total. The topological polar surface area (TPSA) is 0 Å². The summed E-state index contributed by atoms with van der Waals surface area (Å²) in [4.78, 5) is 0. The van der Waals surface area contributed by atoms with Gasteiger partial charge in [-0.1, -0.05) is 0 Å². The van der Waals surface area contributed by atoms with Gasteiger partial charge in [0.2, 0.25) is 0 Å². The van der Waals surface area contributed by atoms with Crippen molar-refractivity contribution in [2.24, 2.45) is 0 Å². The monoisotopic (exact) mass is 769 g/mol. The summed E-state index contributed by atoms with van der Waals surface area (Å²) < 4.78 is 0.243. The van der Waals surface area contributed by atoms with Crippen molar-refractivity contribution in [2.45, 2.75) is 99.4 Å². The molecule has 0 aliphatic heterocycles. The van der Waals surface area contributed by atoms with Gasteiger partial charge >= 0.3 is 302 Å². The van der Waals surface area contributed by atoms with Gasteiger partial charge in [0.25, 0.3) is 0 Å². The summed E-state index contributed by atoms with van der Waals surface area (Å²) in [5.41, 5.74) is 16.3. The van der Waals surface area contributed by atoms with E-state index in [2.05, 4.69) is 152 Å². The van der Waals surface area contributed by atoms with E-state index in [1.54, 1.807) is 0 Å². The predicted octanol–water partition coefficient (Wildman–Crippen LogP) is 14.4. The van der Waals surface area contributed by atoms with Crippen molar-refractivity contribution in [2.75, 3.05) is 0 Å². The van der Waals surface area contributed by atoms with Crippen molar-refractivity contribution in [3.63, 3.8) is 0 Å². The van der Waals surface area contributed by atoms with Crippen LogP contribution in [0.1, 0.15) is 120 Å². The van der Waals surface area contributed by atoms with Crippen LogP contribution in [-0.4, -0.2) is 5.92 Å². The van der Waals surface area contributed by atoms with E-state index in [0.717, 1.165) is 25.7 Å². The van der Waals surface area contributed by atoms with E-state index in [4.69, 9.17) is 17.0 Å². The minimum atomic E-state index is -4.82. The zero-order valence-corrected chi connectivity index (χ0v) is 35.3. The second-order valence-electron chi connectivity index (χ2n) is 15.4. The van der Waals surface area contributed by atoms with Gasteiger partial charge < -0.3 is 0 Å². The average Bonchev–Trinajstić information content (AvgIpc) is 3.64. The molecule has 2 aliphatic rings. The number of hydrogen-bond acceptors (Lipinski definition) is 0. The molecule has 6 rings (SSSR count). The predicted molar refractivity (Wildman–Crippen MR) is 214 cm³/mol. The van der Waals surface area contributed by atoms with Crippen molar-refractivity contribution in [3.8, 4) is 22.3 Å². The first-order chi connectivity index (χ1) is 22.9. The van der Waals surface area contributed by atoms with Crippen molar-refractivity contribution in [1.82, 2.24) is 0 Å². The van der Waals surface area contributed by atoms with Gasteiger partial charge in [0.1, 0.15) is 0 Å². The van der Waals surface area contributed by atoms with E-state index < -0.39 is 21.5 Å². The van der Waals surface area contributed by atoms with Crippen molar-refractivity contribution < 1.29 is 15.6 Å². The Morgan fingerprint density at radius 1 is 0.583 bits per heavy atom. The first-order valence-electron chi connectivity index (χ1n) is 18.3. The van der Waals surface area contributed by atoms with Gasteiger partial charge in [0.15, 0.2) is 0 Å². The third kappa shape index (κ3) is 6.06. The Morgan fingerprint density at radius 2 is 0.958 bits per heavy atom. The molecule has 0 amide bonds. The van der Waals surface area contributed by atoms with E-state index >= 15 is 0 Å². The molecule has 0 fully saturated rings. The van der Waals surface area contributed by atoms with Crippen LogP contribution in [0.15, 0.2) is 96.1 Å². The molecule has 2 atom stereocenters. The van der Waals surface area contributed by atoms with Crippen LogP contribution in [0.4, 0.5) is 0 Å². The van der Waals surface area contributed by atoms with Crippen molar-refractivity contribution in [3.05, 3.63) is 129 Å². The number of rotatable bonds is 11. The van der Waals surface area contributed by atoms with E-state index in [0.29, 0.717) is 11.8 Å². The van der Waals surface area contributed by atoms with E-state index in [1.807, 2.05) is 0 Å². The Hall–Kier alpha value is -1.96.